The number of nitrogens with one attached hydrogen (secondary N) is 1. The Labute approximate surface area is 253 Å². The highest BCUT2D eigenvalue weighted by Crippen LogP contribution is 2.44. The number of H-pyrrole nitrogens is 1. The quantitative estimate of drug-likeness (QED) is 0.208. The van der Waals surface area contributed by atoms with E-state index in [2.05, 4.69) is 76.1 Å². The minimum Gasteiger partial charge on any atom is -0.465 e. The molecule has 4 aromatic rings. The van der Waals surface area contributed by atoms with Crippen molar-refractivity contribution >= 4 is 36.8 Å². The highest BCUT2D eigenvalue weighted by Gasteiger charge is 2.46. The van der Waals surface area contributed by atoms with Gasteiger partial charge in [0.1, 0.15) is 5.82 Å². The van der Waals surface area contributed by atoms with E-state index in [4.69, 9.17) is 14.4 Å². The van der Waals surface area contributed by atoms with Crippen LogP contribution in [0.5, 0.6) is 0 Å². The van der Waals surface area contributed by atoms with Gasteiger partial charge in [-0.1, -0.05) is 57.2 Å². The van der Waals surface area contributed by atoms with E-state index in [0.717, 1.165) is 58.7 Å². The van der Waals surface area contributed by atoms with Crippen LogP contribution in [0.1, 0.15) is 84.6 Å². The summed E-state index contributed by atoms with van der Waals surface area (Å²) in [4.78, 5) is 29.2. The van der Waals surface area contributed by atoms with Crippen molar-refractivity contribution in [3.8, 4) is 0 Å². The first-order chi connectivity index (χ1) is 19.9. The van der Waals surface area contributed by atoms with Crippen LogP contribution in [0.2, 0.25) is 18.1 Å². The summed E-state index contributed by atoms with van der Waals surface area (Å²) in [6.07, 6.45) is 3.18. The third kappa shape index (κ3) is 5.42. The molecule has 42 heavy (non-hydrogen) atoms. The second-order valence-electron chi connectivity index (χ2n) is 13.5. The number of aromatic nitrogens is 3. The number of likely N-dealkylation sites (tertiary alicyclic amines) is 1. The van der Waals surface area contributed by atoms with Crippen molar-refractivity contribution in [3.63, 3.8) is 0 Å². The van der Waals surface area contributed by atoms with Crippen molar-refractivity contribution in [3.05, 3.63) is 81.1 Å². The summed E-state index contributed by atoms with van der Waals surface area (Å²) in [7, 11) is -2.17. The van der Waals surface area contributed by atoms with Gasteiger partial charge in [-0.3, -0.25) is 4.90 Å². The lowest BCUT2D eigenvalue weighted by Gasteiger charge is -2.42. The van der Waals surface area contributed by atoms with Gasteiger partial charge in [-0.25, -0.2) is 14.8 Å². The van der Waals surface area contributed by atoms with Crippen molar-refractivity contribution in [2.24, 2.45) is 0 Å². The minimum atomic E-state index is -2.17. The summed E-state index contributed by atoms with van der Waals surface area (Å²) in [6, 6.07) is 16.2. The number of hydrogen-bond acceptors (Lipinski definition) is 5. The fourth-order valence-corrected chi connectivity index (χ4v) is 8.76. The first-order valence-electron chi connectivity index (χ1n) is 15.1. The summed E-state index contributed by atoms with van der Waals surface area (Å²) in [5.41, 5.74) is 5.30. The van der Waals surface area contributed by atoms with E-state index < -0.39 is 14.4 Å². The van der Waals surface area contributed by atoms with Gasteiger partial charge < -0.3 is 14.5 Å². The van der Waals surface area contributed by atoms with Crippen LogP contribution in [-0.4, -0.2) is 51.5 Å². The van der Waals surface area contributed by atoms with Gasteiger partial charge in [-0.15, -0.1) is 11.3 Å². The Morgan fingerprint density at radius 3 is 2.62 bits per heavy atom. The number of benzene rings is 2. The van der Waals surface area contributed by atoms with Gasteiger partial charge in [0.25, 0.3) is 0 Å². The van der Waals surface area contributed by atoms with E-state index in [1.165, 1.54) is 10.6 Å². The summed E-state index contributed by atoms with van der Waals surface area (Å²) < 4.78 is 7.00. The molecule has 1 unspecified atom stereocenters. The van der Waals surface area contributed by atoms with Crippen LogP contribution in [0.25, 0.3) is 11.0 Å². The normalized spacial score (nSPS) is 21.7. The molecule has 4 atom stereocenters. The first-order valence-corrected chi connectivity index (χ1v) is 18.8. The molecule has 0 radical (unpaired) electrons. The number of fused-ring (bicyclic) bond motifs is 2. The molecule has 1 saturated heterocycles. The van der Waals surface area contributed by atoms with Crippen LogP contribution >= 0.6 is 11.3 Å². The number of thiazole rings is 1. The molecular formula is C33H42N4O3SSi. The Morgan fingerprint density at radius 1 is 1.14 bits per heavy atom. The molecule has 2 N–H and O–H groups in total. The second-order valence-corrected chi connectivity index (χ2v) is 19.6. The Balaban J connectivity index is 1.25. The molecule has 2 aromatic carbocycles. The molecule has 222 valence electrons. The van der Waals surface area contributed by atoms with E-state index in [1.54, 1.807) is 16.2 Å². The molecule has 0 spiro atoms. The van der Waals surface area contributed by atoms with E-state index in [1.807, 2.05) is 18.2 Å². The summed E-state index contributed by atoms with van der Waals surface area (Å²) in [5.74, 6) is 1.20. The molecule has 1 aliphatic carbocycles. The first kappa shape index (κ1) is 29.1. The van der Waals surface area contributed by atoms with Crippen LogP contribution in [0.4, 0.5) is 4.79 Å². The smallest absolute Gasteiger partial charge is 0.407 e. The summed E-state index contributed by atoms with van der Waals surface area (Å²) >= 11 is 1.80. The molecule has 2 aliphatic rings. The number of carboxylic acid groups (broad SMARTS) is 1. The monoisotopic (exact) mass is 602 g/mol. The molecular weight excluding hydrogens is 561 g/mol. The topological polar surface area (TPSA) is 91.3 Å². The Hall–Kier alpha value is -3.01. The second kappa shape index (κ2) is 10.9. The maximum absolute atomic E-state index is 12.8. The van der Waals surface area contributed by atoms with Gasteiger partial charge >= 0.3 is 6.09 Å². The molecule has 0 bridgehead atoms. The Bertz CT molecular complexity index is 1590. The fourth-order valence-electron chi connectivity index (χ4n) is 6.47. The van der Waals surface area contributed by atoms with E-state index >= 15 is 0 Å². The van der Waals surface area contributed by atoms with Crippen LogP contribution in [-0.2, 0) is 17.3 Å². The van der Waals surface area contributed by atoms with E-state index in [0.29, 0.717) is 6.42 Å². The highest BCUT2D eigenvalue weighted by molar-refractivity contribution is 7.11. The standard InChI is InChI=1S/C33H42N4O3SSi/c1-20-34-29-24(14-17-28(29)41-20)31-35-25-15-12-21(19-26(25)36-31)18-23-13-16-27(37(23)32(38)39)30(22-10-8-7-9-11-22)40-42(5,6)33(2,3)4/h7-12,15,19,23-24,27,30H,13-14,16-18H2,1-6H3,(H,35,36)(H,38,39)/t23-,24?,27+,30+/m0/s1. The van der Waals surface area contributed by atoms with Crippen LogP contribution < -0.4 is 0 Å². The van der Waals surface area contributed by atoms with Crippen LogP contribution in [0.3, 0.4) is 0 Å². The number of imidazole rings is 1. The van der Waals surface area contributed by atoms with E-state index in [9.17, 15) is 9.90 Å². The molecule has 6 rings (SSSR count). The molecule has 3 heterocycles. The van der Waals surface area contributed by atoms with Crippen molar-refractivity contribution in [2.45, 2.75) is 102 Å². The highest BCUT2D eigenvalue weighted by atomic mass is 32.1. The van der Waals surface area contributed by atoms with Crippen LogP contribution in [0, 0.1) is 6.92 Å². The Kier molecular flexibility index (Phi) is 7.56. The Morgan fingerprint density at radius 2 is 1.90 bits per heavy atom. The lowest BCUT2D eigenvalue weighted by Crippen LogP contribution is -2.49. The lowest BCUT2D eigenvalue weighted by molar-refractivity contribution is 0.0598. The zero-order valence-electron chi connectivity index (χ0n) is 25.5. The molecule has 7 nitrogen and oxygen atoms in total. The summed E-state index contributed by atoms with van der Waals surface area (Å²) in [6.45, 7) is 13.3. The van der Waals surface area contributed by atoms with E-state index in [-0.39, 0.29) is 29.1 Å². The number of amides is 1. The van der Waals surface area contributed by atoms with Crippen molar-refractivity contribution in [1.29, 1.82) is 0 Å². The molecule has 1 aliphatic heterocycles. The van der Waals surface area contributed by atoms with Crippen LogP contribution in [0.15, 0.2) is 48.5 Å². The number of aryl methyl sites for hydroxylation is 2. The molecule has 0 saturated carbocycles. The number of rotatable bonds is 7. The number of nitrogens with zero attached hydrogens (tertiary/aromatic N) is 3. The van der Waals surface area contributed by atoms with Crippen molar-refractivity contribution < 1.29 is 14.3 Å². The van der Waals surface area contributed by atoms with Crippen molar-refractivity contribution in [1.82, 2.24) is 19.9 Å². The predicted molar refractivity (Wildman–Crippen MR) is 171 cm³/mol. The zero-order valence-corrected chi connectivity index (χ0v) is 27.3. The van der Waals surface area contributed by atoms with Gasteiger partial charge in [0, 0.05) is 10.9 Å². The lowest BCUT2D eigenvalue weighted by atomic mass is 10.0. The largest absolute Gasteiger partial charge is 0.465 e. The number of carbonyl (C=O) groups is 1. The summed E-state index contributed by atoms with van der Waals surface area (Å²) in [5, 5.41) is 11.7. The number of hydrogen-bond donors (Lipinski definition) is 2. The molecule has 2 aromatic heterocycles. The molecule has 1 amide bonds. The van der Waals surface area contributed by atoms with Gasteiger partial charge in [0.15, 0.2) is 8.32 Å². The molecule has 9 heteroatoms. The van der Waals surface area contributed by atoms with Gasteiger partial charge in [0.05, 0.1) is 39.8 Å². The average molecular weight is 603 g/mol. The number of aromatic amines is 1. The maximum Gasteiger partial charge on any atom is 0.407 e. The third-order valence-corrected chi connectivity index (χ3v) is 15.2. The van der Waals surface area contributed by atoms with Gasteiger partial charge in [0.2, 0.25) is 0 Å². The maximum atomic E-state index is 12.8. The molecule has 1 fully saturated rings. The van der Waals surface area contributed by atoms with Gasteiger partial charge in [-0.2, -0.15) is 0 Å². The SMILES string of the molecule is Cc1nc2c(s1)CCC2c1nc2ccc(C[C@@H]3CC[C@H]([C@H](O[Si](C)(C)C(C)(C)C)c4ccccc4)N3C(=O)O)cc2[nH]1. The van der Waals surface area contributed by atoms with Crippen molar-refractivity contribution in [2.75, 3.05) is 0 Å². The fraction of sp³-hybridized carbons (Fsp3) is 0.485. The minimum absolute atomic E-state index is 0.0167. The predicted octanol–water partition coefficient (Wildman–Crippen LogP) is 8.22. The average Bonchev–Trinajstić information content (AvgIpc) is 3.69. The third-order valence-electron chi connectivity index (χ3n) is 9.66. The zero-order chi connectivity index (χ0) is 29.8. The van der Waals surface area contributed by atoms with Gasteiger partial charge in [-0.05, 0) is 80.4 Å².